The predicted octanol–water partition coefficient (Wildman–Crippen LogP) is 3.02. The lowest BCUT2D eigenvalue weighted by atomic mass is 10.1. The zero-order valence-electron chi connectivity index (χ0n) is 14.8. The standard InChI is InChI=1S/C19H27NO4/c1-14-7-6-8-15(2)19(14)24-13-17(21)20(12-11-18(22)23-3)16-9-4-5-10-16/h6-8,16H,4-5,9-13H2,1-3H3. The zero-order valence-corrected chi connectivity index (χ0v) is 14.8. The van der Waals surface area contributed by atoms with Crippen LogP contribution in [0.4, 0.5) is 0 Å². The maximum absolute atomic E-state index is 12.7. The number of amides is 1. The van der Waals surface area contributed by atoms with E-state index in [-0.39, 0.29) is 30.9 Å². The molecule has 1 aliphatic rings. The molecule has 0 atom stereocenters. The van der Waals surface area contributed by atoms with E-state index in [1.165, 1.54) is 7.11 Å². The van der Waals surface area contributed by atoms with Crippen LogP contribution in [0.2, 0.25) is 0 Å². The molecular formula is C19H27NO4. The van der Waals surface area contributed by atoms with Gasteiger partial charge in [-0.1, -0.05) is 31.0 Å². The van der Waals surface area contributed by atoms with Gasteiger partial charge in [0.15, 0.2) is 6.61 Å². The summed E-state index contributed by atoms with van der Waals surface area (Å²) >= 11 is 0. The lowest BCUT2D eigenvalue weighted by Crippen LogP contribution is -2.42. The second-order valence-corrected chi connectivity index (χ2v) is 6.36. The van der Waals surface area contributed by atoms with Gasteiger partial charge >= 0.3 is 5.97 Å². The van der Waals surface area contributed by atoms with Crippen LogP contribution in [-0.2, 0) is 14.3 Å². The number of esters is 1. The van der Waals surface area contributed by atoms with Crippen molar-refractivity contribution in [3.05, 3.63) is 29.3 Å². The number of aryl methyl sites for hydroxylation is 2. The van der Waals surface area contributed by atoms with E-state index in [2.05, 4.69) is 0 Å². The highest BCUT2D eigenvalue weighted by Gasteiger charge is 2.27. The topological polar surface area (TPSA) is 55.8 Å². The summed E-state index contributed by atoms with van der Waals surface area (Å²) in [7, 11) is 1.37. The molecule has 2 rings (SSSR count). The number of hydrogen-bond donors (Lipinski definition) is 0. The van der Waals surface area contributed by atoms with Crippen LogP contribution in [0.25, 0.3) is 0 Å². The first kappa shape index (κ1) is 18.3. The molecule has 1 fully saturated rings. The molecule has 1 aromatic carbocycles. The van der Waals surface area contributed by atoms with Gasteiger partial charge in [-0.15, -0.1) is 0 Å². The fraction of sp³-hybridized carbons (Fsp3) is 0.579. The lowest BCUT2D eigenvalue weighted by Gasteiger charge is -2.29. The van der Waals surface area contributed by atoms with Gasteiger partial charge in [-0.05, 0) is 37.8 Å². The Morgan fingerprint density at radius 1 is 1.17 bits per heavy atom. The Hall–Kier alpha value is -2.04. The highest BCUT2D eigenvalue weighted by Crippen LogP contribution is 2.25. The Bertz CT molecular complexity index is 558. The number of carbonyl (C=O) groups is 2. The number of nitrogens with zero attached hydrogens (tertiary/aromatic N) is 1. The first-order valence-electron chi connectivity index (χ1n) is 8.58. The molecule has 1 aromatic rings. The van der Waals surface area contributed by atoms with Crippen molar-refractivity contribution in [2.75, 3.05) is 20.3 Å². The van der Waals surface area contributed by atoms with E-state index in [0.717, 1.165) is 42.6 Å². The number of hydrogen-bond acceptors (Lipinski definition) is 4. The van der Waals surface area contributed by atoms with Crippen LogP contribution < -0.4 is 4.74 Å². The monoisotopic (exact) mass is 333 g/mol. The summed E-state index contributed by atoms with van der Waals surface area (Å²) in [6, 6.07) is 6.13. The highest BCUT2D eigenvalue weighted by atomic mass is 16.5. The molecule has 0 unspecified atom stereocenters. The fourth-order valence-electron chi connectivity index (χ4n) is 3.28. The van der Waals surface area contributed by atoms with E-state index in [1.807, 2.05) is 32.0 Å². The number of methoxy groups -OCH3 is 1. The van der Waals surface area contributed by atoms with Gasteiger partial charge in [0.05, 0.1) is 13.5 Å². The summed E-state index contributed by atoms with van der Waals surface area (Å²) in [5.74, 6) is 0.417. The minimum absolute atomic E-state index is 0.00334. The molecular weight excluding hydrogens is 306 g/mol. The smallest absolute Gasteiger partial charge is 0.307 e. The zero-order chi connectivity index (χ0) is 17.5. The van der Waals surface area contributed by atoms with Crippen LogP contribution >= 0.6 is 0 Å². The van der Waals surface area contributed by atoms with E-state index in [0.29, 0.717) is 6.54 Å². The third-order valence-electron chi connectivity index (χ3n) is 4.62. The Morgan fingerprint density at radius 3 is 2.38 bits per heavy atom. The fourth-order valence-corrected chi connectivity index (χ4v) is 3.28. The lowest BCUT2D eigenvalue weighted by molar-refractivity contribution is -0.142. The summed E-state index contributed by atoms with van der Waals surface area (Å²) in [5, 5.41) is 0. The molecule has 0 aromatic heterocycles. The summed E-state index contributed by atoms with van der Waals surface area (Å²) in [6.45, 7) is 4.34. The van der Waals surface area contributed by atoms with Crippen molar-refractivity contribution < 1.29 is 19.1 Å². The largest absolute Gasteiger partial charge is 0.483 e. The Morgan fingerprint density at radius 2 is 1.79 bits per heavy atom. The third kappa shape index (κ3) is 4.73. The number of ether oxygens (including phenoxy) is 2. The maximum Gasteiger partial charge on any atom is 0.307 e. The van der Waals surface area contributed by atoms with Crippen LogP contribution in [0, 0.1) is 13.8 Å². The number of para-hydroxylation sites is 1. The van der Waals surface area contributed by atoms with Crippen LogP contribution in [0.15, 0.2) is 18.2 Å². The molecule has 1 amide bonds. The predicted molar refractivity (Wildman–Crippen MR) is 92.0 cm³/mol. The Kier molecular flexibility index (Phi) is 6.64. The summed E-state index contributed by atoms with van der Waals surface area (Å²) in [5.41, 5.74) is 2.04. The molecule has 24 heavy (non-hydrogen) atoms. The second kappa shape index (κ2) is 8.71. The quantitative estimate of drug-likeness (QED) is 0.720. The third-order valence-corrected chi connectivity index (χ3v) is 4.62. The minimum Gasteiger partial charge on any atom is -0.483 e. The van der Waals surface area contributed by atoms with Crippen LogP contribution in [0.3, 0.4) is 0 Å². The van der Waals surface area contributed by atoms with Crippen LogP contribution in [0.5, 0.6) is 5.75 Å². The van der Waals surface area contributed by atoms with Crippen LogP contribution in [0.1, 0.15) is 43.2 Å². The van der Waals surface area contributed by atoms with E-state index >= 15 is 0 Å². The van der Waals surface area contributed by atoms with Crippen molar-refractivity contribution in [3.8, 4) is 5.75 Å². The van der Waals surface area contributed by atoms with Gasteiger partial charge in [-0.2, -0.15) is 0 Å². The molecule has 5 nitrogen and oxygen atoms in total. The molecule has 132 valence electrons. The van der Waals surface area contributed by atoms with Gasteiger partial charge in [0, 0.05) is 12.6 Å². The Balaban J connectivity index is 2.00. The SMILES string of the molecule is COC(=O)CCN(C(=O)COc1c(C)cccc1C)C1CCCC1. The van der Waals surface area contributed by atoms with Crippen molar-refractivity contribution >= 4 is 11.9 Å². The van der Waals surface area contributed by atoms with Crippen molar-refractivity contribution in [2.45, 2.75) is 52.0 Å². The first-order chi connectivity index (χ1) is 11.5. The molecule has 0 heterocycles. The van der Waals surface area contributed by atoms with Gasteiger partial charge in [0.2, 0.25) is 0 Å². The number of benzene rings is 1. The average Bonchev–Trinajstić information content (AvgIpc) is 3.08. The molecule has 0 saturated heterocycles. The van der Waals surface area contributed by atoms with E-state index < -0.39 is 0 Å². The van der Waals surface area contributed by atoms with Crippen molar-refractivity contribution in [1.82, 2.24) is 4.90 Å². The molecule has 1 aliphatic carbocycles. The van der Waals surface area contributed by atoms with Gasteiger partial charge in [0.1, 0.15) is 5.75 Å². The van der Waals surface area contributed by atoms with Crippen molar-refractivity contribution in [2.24, 2.45) is 0 Å². The average molecular weight is 333 g/mol. The normalized spacial score (nSPS) is 14.5. The molecule has 5 heteroatoms. The van der Waals surface area contributed by atoms with Gasteiger partial charge in [-0.25, -0.2) is 0 Å². The van der Waals surface area contributed by atoms with Gasteiger partial charge in [0.25, 0.3) is 5.91 Å². The highest BCUT2D eigenvalue weighted by molar-refractivity contribution is 5.79. The molecule has 0 N–H and O–H groups in total. The van der Waals surface area contributed by atoms with Crippen LogP contribution in [-0.4, -0.2) is 43.1 Å². The number of carbonyl (C=O) groups excluding carboxylic acids is 2. The van der Waals surface area contributed by atoms with E-state index in [4.69, 9.17) is 9.47 Å². The van der Waals surface area contributed by atoms with Gasteiger partial charge in [-0.3, -0.25) is 9.59 Å². The summed E-state index contributed by atoms with van der Waals surface area (Å²) in [6.07, 6.45) is 4.48. The first-order valence-corrected chi connectivity index (χ1v) is 8.58. The Labute approximate surface area is 143 Å². The summed E-state index contributed by atoms with van der Waals surface area (Å²) < 4.78 is 10.5. The molecule has 0 radical (unpaired) electrons. The maximum atomic E-state index is 12.7. The van der Waals surface area contributed by atoms with Gasteiger partial charge < -0.3 is 14.4 Å². The van der Waals surface area contributed by atoms with Crippen molar-refractivity contribution in [3.63, 3.8) is 0 Å². The molecule has 0 aliphatic heterocycles. The summed E-state index contributed by atoms with van der Waals surface area (Å²) in [4.78, 5) is 25.9. The number of rotatable bonds is 7. The molecule has 0 spiro atoms. The molecule has 0 bridgehead atoms. The minimum atomic E-state index is -0.290. The second-order valence-electron chi connectivity index (χ2n) is 6.36. The molecule has 1 saturated carbocycles. The van der Waals surface area contributed by atoms with E-state index in [1.54, 1.807) is 4.90 Å². The van der Waals surface area contributed by atoms with E-state index in [9.17, 15) is 9.59 Å². The van der Waals surface area contributed by atoms with Crippen molar-refractivity contribution in [1.29, 1.82) is 0 Å².